The molecular weight excluding hydrogens is 499 g/mol. The fourth-order valence-corrected chi connectivity index (χ4v) is 4.60. The molecule has 1 aromatic rings. The molecule has 33 heavy (non-hydrogen) atoms. The highest BCUT2D eigenvalue weighted by molar-refractivity contribution is 7.61. The molecule has 19 heteroatoms. The lowest BCUT2D eigenvalue weighted by Crippen LogP contribution is -2.45. The number of aliphatic hydroxyl groups excluding tert-OH is 4. The zero-order chi connectivity index (χ0) is 25.2. The summed E-state index contributed by atoms with van der Waals surface area (Å²) in [5, 5.41) is 48.3. The van der Waals surface area contributed by atoms with E-state index in [2.05, 4.69) is 18.3 Å². The van der Waals surface area contributed by atoms with Crippen LogP contribution < -0.4 is 11.4 Å². The summed E-state index contributed by atoms with van der Waals surface area (Å²) in [5.74, 6) is -0.106. The molecule has 0 aliphatic carbocycles. The Hall–Kier alpha value is -1.30. The number of aliphatic hydroxyl groups is 5. The first kappa shape index (κ1) is 27.9. The lowest BCUT2D eigenvalue weighted by Gasteiger charge is -2.27. The second-order valence-corrected chi connectivity index (χ2v) is 10.3. The SMILES string of the molecule is C[C@](O)([13CH2]O)[13C@H](O)[13CH2]OP(=O)(O)OP(=O)(O)OC[C@H]1O[C@@H](n2ccc(N)nc2=O)[C@H](O)[C@@H]1O. The highest BCUT2D eigenvalue weighted by Gasteiger charge is 2.46. The molecule has 1 aliphatic rings. The number of nitrogens with zero attached hydrogens (tertiary/aromatic N) is 2. The maximum Gasteiger partial charge on any atom is 0.481 e. The third-order valence-electron chi connectivity index (χ3n) is 4.50. The van der Waals surface area contributed by atoms with Gasteiger partial charge in [-0.15, -0.1) is 0 Å². The zero-order valence-corrected chi connectivity index (χ0v) is 18.8. The van der Waals surface area contributed by atoms with Crippen LogP contribution in [0.1, 0.15) is 13.2 Å². The first-order valence-corrected chi connectivity index (χ1v) is 12.1. The highest BCUT2D eigenvalue weighted by Crippen LogP contribution is 2.60. The van der Waals surface area contributed by atoms with Crippen molar-refractivity contribution >= 4 is 21.5 Å². The minimum atomic E-state index is -5.33. The predicted octanol–water partition coefficient (Wildman–Crippen LogP) is -3.20. The summed E-state index contributed by atoms with van der Waals surface area (Å²) < 4.78 is 42.7. The number of nitrogen functional groups attached to an aromatic ring is 1. The standard InChI is InChI=1S/C14H25N3O14P2/c1-14(23,6-18)8(19)5-29-33(26,27)31-32(24,25)28-4-7-10(20)11(21)12(30-7)17-3-2-9(15)16-13(17)22/h2-3,7-8,10-12,18-21,23H,4-6H2,1H3,(H,24,25)(H,26,27)(H2,15,16,22)/t7-,8-,10-,11-,12-,14+/m1/s1/i5+1,6+1,8+1. The lowest BCUT2D eigenvalue weighted by atomic mass is 10.1. The van der Waals surface area contributed by atoms with Gasteiger partial charge in [-0.2, -0.15) is 9.29 Å². The molecule has 9 N–H and O–H groups in total. The van der Waals surface area contributed by atoms with Crippen LogP contribution >= 0.6 is 15.6 Å². The Morgan fingerprint density at radius 1 is 1.27 bits per heavy atom. The van der Waals surface area contributed by atoms with Gasteiger partial charge < -0.3 is 45.8 Å². The monoisotopic (exact) mass is 524 g/mol. The van der Waals surface area contributed by atoms with Crippen LogP contribution in [0.4, 0.5) is 5.82 Å². The smallest absolute Gasteiger partial charge is 0.393 e. The molecule has 1 saturated heterocycles. The Balaban J connectivity index is 1.96. The number of phosphoric ester groups is 2. The molecule has 190 valence electrons. The van der Waals surface area contributed by atoms with Crippen molar-refractivity contribution in [2.75, 3.05) is 25.6 Å². The Bertz CT molecular complexity index is 973. The molecule has 0 radical (unpaired) electrons. The number of anilines is 1. The second kappa shape index (κ2) is 10.5. The summed E-state index contributed by atoms with van der Waals surface area (Å²) in [5.41, 5.74) is 2.35. The maximum atomic E-state index is 12.0. The summed E-state index contributed by atoms with van der Waals surface area (Å²) >= 11 is 0. The van der Waals surface area contributed by atoms with Crippen molar-refractivity contribution in [1.29, 1.82) is 0 Å². The molecule has 0 saturated carbocycles. The van der Waals surface area contributed by atoms with Crippen LogP contribution in [0.3, 0.4) is 0 Å². The van der Waals surface area contributed by atoms with E-state index in [4.69, 9.17) is 15.6 Å². The average Bonchev–Trinajstić information content (AvgIpc) is 2.98. The molecule has 17 nitrogen and oxygen atoms in total. The van der Waals surface area contributed by atoms with Gasteiger partial charge in [-0.05, 0) is 13.0 Å². The molecule has 8 atom stereocenters. The number of hydrogen-bond acceptors (Lipinski definition) is 14. The van der Waals surface area contributed by atoms with E-state index in [1.54, 1.807) is 0 Å². The first-order valence-electron chi connectivity index (χ1n) is 9.12. The van der Waals surface area contributed by atoms with E-state index < -0.39 is 77.4 Å². The molecular formula is C14H25N3O14P2. The van der Waals surface area contributed by atoms with Crippen molar-refractivity contribution < 1.29 is 62.5 Å². The van der Waals surface area contributed by atoms with E-state index >= 15 is 0 Å². The van der Waals surface area contributed by atoms with E-state index in [1.165, 1.54) is 6.07 Å². The van der Waals surface area contributed by atoms with E-state index in [9.17, 15) is 44.1 Å². The van der Waals surface area contributed by atoms with Gasteiger partial charge in [0.2, 0.25) is 0 Å². The van der Waals surface area contributed by atoms with Crippen molar-refractivity contribution in [2.24, 2.45) is 0 Å². The van der Waals surface area contributed by atoms with Gasteiger partial charge in [0.1, 0.15) is 35.8 Å². The molecule has 1 aliphatic heterocycles. The van der Waals surface area contributed by atoms with Crippen LogP contribution in [0.5, 0.6) is 0 Å². The molecule has 2 heterocycles. The quantitative estimate of drug-likeness (QED) is 0.104. The van der Waals surface area contributed by atoms with E-state index in [1.807, 2.05) is 0 Å². The normalized spacial score (nSPS) is 29.7. The van der Waals surface area contributed by atoms with Crippen molar-refractivity contribution in [1.82, 2.24) is 9.55 Å². The Kier molecular flexibility index (Phi) is 8.92. The van der Waals surface area contributed by atoms with Crippen LogP contribution in [0, 0.1) is 0 Å². The minimum absolute atomic E-state index is 0.106. The lowest BCUT2D eigenvalue weighted by molar-refractivity contribution is -0.107. The van der Waals surface area contributed by atoms with Crippen molar-refractivity contribution in [2.45, 2.75) is 43.2 Å². The zero-order valence-electron chi connectivity index (χ0n) is 17.0. The Morgan fingerprint density at radius 2 is 1.88 bits per heavy atom. The summed E-state index contributed by atoms with van der Waals surface area (Å²) in [6.07, 6.45) is -7.07. The first-order chi connectivity index (χ1) is 15.1. The number of rotatable bonds is 11. The minimum Gasteiger partial charge on any atom is -0.393 e. The third kappa shape index (κ3) is 7.34. The number of hydrogen-bond donors (Lipinski definition) is 8. The van der Waals surface area contributed by atoms with Gasteiger partial charge in [0.05, 0.1) is 19.8 Å². The third-order valence-corrected chi connectivity index (χ3v) is 7.11. The number of aromatic nitrogens is 2. The van der Waals surface area contributed by atoms with E-state index in [0.717, 1.165) is 17.7 Å². The molecule has 0 bridgehead atoms. The van der Waals surface area contributed by atoms with Crippen molar-refractivity contribution in [3.63, 3.8) is 0 Å². The van der Waals surface area contributed by atoms with Crippen LogP contribution in [-0.4, -0.2) is 94.7 Å². The van der Waals surface area contributed by atoms with E-state index in [-0.39, 0.29) is 5.82 Å². The Labute approximate surface area is 185 Å². The number of phosphoric acid groups is 2. The van der Waals surface area contributed by atoms with Gasteiger partial charge in [-0.3, -0.25) is 13.6 Å². The summed E-state index contributed by atoms with van der Waals surface area (Å²) in [7, 11) is -10.6. The van der Waals surface area contributed by atoms with Gasteiger partial charge in [0.25, 0.3) is 0 Å². The van der Waals surface area contributed by atoms with Gasteiger partial charge >= 0.3 is 21.3 Å². The fraction of sp³-hybridized carbons (Fsp3) is 0.714. The topological polar surface area (TPSA) is 274 Å². The summed E-state index contributed by atoms with van der Waals surface area (Å²) in [4.78, 5) is 34.5. The van der Waals surface area contributed by atoms with Crippen molar-refractivity contribution in [3.8, 4) is 0 Å². The van der Waals surface area contributed by atoms with Gasteiger partial charge in [0, 0.05) is 6.20 Å². The largest absolute Gasteiger partial charge is 0.481 e. The van der Waals surface area contributed by atoms with Gasteiger partial charge in [-0.1, -0.05) is 0 Å². The number of nitrogens with two attached hydrogens (primary N) is 1. The molecule has 0 spiro atoms. The molecule has 0 amide bonds. The molecule has 1 fully saturated rings. The second-order valence-electron chi connectivity index (χ2n) is 7.23. The predicted molar refractivity (Wildman–Crippen MR) is 105 cm³/mol. The number of ether oxygens (including phenoxy) is 1. The molecule has 1 aromatic heterocycles. The maximum absolute atomic E-state index is 12.0. The average molecular weight is 524 g/mol. The summed E-state index contributed by atoms with van der Waals surface area (Å²) in [6, 6.07) is 1.22. The molecule has 2 rings (SSSR count). The van der Waals surface area contributed by atoms with E-state index in [0.29, 0.717) is 0 Å². The fourth-order valence-electron chi connectivity index (χ4n) is 2.51. The van der Waals surface area contributed by atoms with Crippen LogP contribution in [0.2, 0.25) is 0 Å². The van der Waals surface area contributed by atoms with Crippen LogP contribution in [-0.2, 0) is 27.2 Å². The van der Waals surface area contributed by atoms with Crippen molar-refractivity contribution in [3.05, 3.63) is 22.7 Å². The summed E-state index contributed by atoms with van der Waals surface area (Å²) in [6.45, 7) is -1.94. The van der Waals surface area contributed by atoms with Crippen LogP contribution in [0.15, 0.2) is 17.1 Å². The molecule has 2 unspecified atom stereocenters. The molecule has 0 aromatic carbocycles. The Morgan fingerprint density at radius 3 is 2.45 bits per heavy atom. The highest BCUT2D eigenvalue weighted by atomic mass is 31.3. The van der Waals surface area contributed by atoms with Gasteiger partial charge in [0.15, 0.2) is 6.23 Å². The van der Waals surface area contributed by atoms with Gasteiger partial charge in [-0.25, -0.2) is 13.9 Å². The van der Waals surface area contributed by atoms with Crippen LogP contribution in [0.25, 0.3) is 0 Å².